The molecule has 0 radical (unpaired) electrons. The number of nitrogens with two attached hydrogens (primary N) is 1. The van der Waals surface area contributed by atoms with Crippen molar-refractivity contribution in [2.24, 2.45) is 5.73 Å². The maximum absolute atomic E-state index is 13.3. The highest BCUT2D eigenvalue weighted by molar-refractivity contribution is 8.01. The van der Waals surface area contributed by atoms with E-state index >= 15 is 0 Å². The Hall–Kier alpha value is -3.36. The number of aryl methyl sites for hydroxylation is 2. The first-order valence-electron chi connectivity index (χ1n) is 12.4. The van der Waals surface area contributed by atoms with Crippen LogP contribution in [0.25, 0.3) is 0 Å². The second-order valence-corrected chi connectivity index (χ2v) is 12.5. The van der Waals surface area contributed by atoms with E-state index in [1.807, 2.05) is 32.0 Å². The number of aromatic nitrogens is 2. The van der Waals surface area contributed by atoms with Crippen molar-refractivity contribution in [3.8, 4) is 6.07 Å². The van der Waals surface area contributed by atoms with E-state index < -0.39 is 5.92 Å². The molecule has 8 nitrogen and oxygen atoms in total. The normalized spacial score (nSPS) is 17.1. The molecule has 0 fully saturated rings. The van der Waals surface area contributed by atoms with Gasteiger partial charge >= 0.3 is 0 Å². The number of rotatable bonds is 6. The van der Waals surface area contributed by atoms with Gasteiger partial charge in [-0.1, -0.05) is 58.4 Å². The monoisotopic (exact) mass is 610 g/mol. The number of halogens is 2. The van der Waals surface area contributed by atoms with Crippen LogP contribution in [0.15, 0.2) is 63.4 Å². The Labute approximate surface area is 249 Å². The van der Waals surface area contributed by atoms with Gasteiger partial charge in [-0.2, -0.15) is 5.26 Å². The van der Waals surface area contributed by atoms with Crippen molar-refractivity contribution in [1.29, 1.82) is 5.26 Å². The molecular weight excluding hydrogens is 587 g/mol. The number of hydrogen-bond donors (Lipinski definition) is 2. The average Bonchev–Trinajstić information content (AvgIpc) is 3.38. The summed E-state index contributed by atoms with van der Waals surface area (Å²) in [7, 11) is 0. The summed E-state index contributed by atoms with van der Waals surface area (Å²) in [6.07, 6.45) is 1.58. The Morgan fingerprint density at radius 2 is 2.00 bits per heavy atom. The van der Waals surface area contributed by atoms with Crippen LogP contribution in [0.3, 0.4) is 0 Å². The van der Waals surface area contributed by atoms with Crippen molar-refractivity contribution in [2.75, 3.05) is 16.0 Å². The first-order chi connectivity index (χ1) is 19.2. The first-order valence-corrected chi connectivity index (χ1v) is 15.0. The molecule has 2 heterocycles. The van der Waals surface area contributed by atoms with Gasteiger partial charge in [-0.3, -0.25) is 14.5 Å². The average molecular weight is 612 g/mol. The Kier molecular flexibility index (Phi) is 8.19. The fraction of sp³-hybridized carbons (Fsp3) is 0.250. The van der Waals surface area contributed by atoms with E-state index in [4.69, 9.17) is 28.9 Å². The lowest BCUT2D eigenvalue weighted by molar-refractivity contribution is -0.116. The molecule has 0 spiro atoms. The number of hydrogen-bond acceptors (Lipinski definition) is 9. The standard InChI is InChI=1S/C28H24Cl2N6O2S2/c1-14-6-8-17(10-15(14)2)33-23(38)13-39-28-35-34-27(40-28)36-21-4-3-5-22(37)25(21)24(19(12-31)26(36)32)18-9-7-16(29)11-20(18)30/h6-11,24H,3-5,13,32H2,1-2H3,(H,33,38). The number of nitrogens with zero attached hydrogens (tertiary/aromatic N) is 4. The van der Waals surface area contributed by atoms with Crippen molar-refractivity contribution >= 4 is 68.8 Å². The Bertz CT molecular complexity index is 1640. The third kappa shape index (κ3) is 5.47. The van der Waals surface area contributed by atoms with E-state index in [9.17, 15) is 14.9 Å². The minimum absolute atomic E-state index is 0.0651. The number of allylic oxidation sites excluding steroid dienone is 3. The van der Waals surface area contributed by atoms with Crippen LogP contribution in [0.4, 0.5) is 10.8 Å². The highest BCUT2D eigenvalue weighted by Crippen LogP contribution is 2.48. The van der Waals surface area contributed by atoms with Crippen LogP contribution in [-0.4, -0.2) is 27.6 Å². The van der Waals surface area contributed by atoms with Crippen molar-refractivity contribution in [3.63, 3.8) is 0 Å². The smallest absolute Gasteiger partial charge is 0.234 e. The molecule has 0 saturated carbocycles. The van der Waals surface area contributed by atoms with Crippen LogP contribution >= 0.6 is 46.3 Å². The second kappa shape index (κ2) is 11.6. The molecule has 2 aromatic carbocycles. The third-order valence-electron chi connectivity index (χ3n) is 6.89. The molecule has 0 bridgehead atoms. The van der Waals surface area contributed by atoms with Crippen molar-refractivity contribution in [3.05, 3.63) is 85.8 Å². The Balaban J connectivity index is 1.42. The summed E-state index contributed by atoms with van der Waals surface area (Å²) >= 11 is 15.1. The number of Topliss-reactive ketones (excluding diaryl/α,β-unsaturated/α-hetero) is 1. The van der Waals surface area contributed by atoms with E-state index in [1.165, 1.54) is 23.1 Å². The number of nitrogens with one attached hydrogen (secondary N) is 1. The third-order valence-corrected chi connectivity index (χ3v) is 9.50. The molecule has 1 amide bonds. The van der Waals surface area contributed by atoms with Gasteiger partial charge in [-0.15, -0.1) is 10.2 Å². The summed E-state index contributed by atoms with van der Waals surface area (Å²) in [4.78, 5) is 27.5. The number of anilines is 2. The first kappa shape index (κ1) is 28.2. The minimum atomic E-state index is -0.704. The van der Waals surface area contributed by atoms with Crippen LogP contribution in [0.5, 0.6) is 0 Å². The predicted molar refractivity (Wildman–Crippen MR) is 160 cm³/mol. The van der Waals surface area contributed by atoms with Gasteiger partial charge in [-0.25, -0.2) is 0 Å². The highest BCUT2D eigenvalue weighted by atomic mass is 35.5. The summed E-state index contributed by atoms with van der Waals surface area (Å²) in [6, 6.07) is 13.0. The van der Waals surface area contributed by atoms with E-state index in [-0.39, 0.29) is 28.8 Å². The molecule has 1 aromatic heterocycles. The maximum Gasteiger partial charge on any atom is 0.234 e. The molecule has 2 aliphatic rings. The molecule has 40 heavy (non-hydrogen) atoms. The van der Waals surface area contributed by atoms with E-state index in [2.05, 4.69) is 21.6 Å². The van der Waals surface area contributed by atoms with E-state index in [0.717, 1.165) is 16.8 Å². The van der Waals surface area contributed by atoms with Gasteiger partial charge in [0.05, 0.1) is 23.3 Å². The molecule has 1 unspecified atom stereocenters. The predicted octanol–water partition coefficient (Wildman–Crippen LogP) is 6.50. The summed E-state index contributed by atoms with van der Waals surface area (Å²) in [5.41, 5.74) is 11.6. The van der Waals surface area contributed by atoms with Crippen LogP contribution in [0, 0.1) is 25.2 Å². The summed E-state index contributed by atoms with van der Waals surface area (Å²) < 4.78 is 0.559. The zero-order chi connectivity index (χ0) is 28.6. The largest absolute Gasteiger partial charge is 0.384 e. The van der Waals surface area contributed by atoms with Gasteiger partial charge < -0.3 is 11.1 Å². The van der Waals surface area contributed by atoms with Gasteiger partial charge in [0.2, 0.25) is 11.0 Å². The van der Waals surface area contributed by atoms with Gasteiger partial charge in [0.1, 0.15) is 5.82 Å². The Morgan fingerprint density at radius 3 is 2.73 bits per heavy atom. The van der Waals surface area contributed by atoms with Gasteiger partial charge in [-0.05, 0) is 67.6 Å². The molecular formula is C28H24Cl2N6O2S2. The minimum Gasteiger partial charge on any atom is -0.384 e. The molecule has 1 atom stereocenters. The zero-order valence-corrected chi connectivity index (χ0v) is 24.8. The number of amides is 1. The van der Waals surface area contributed by atoms with Crippen molar-refractivity contribution in [1.82, 2.24) is 10.2 Å². The number of ketones is 1. The molecule has 3 aromatic rings. The number of carbonyl (C=O) groups is 2. The summed E-state index contributed by atoms with van der Waals surface area (Å²) in [5, 5.41) is 22.9. The quantitative estimate of drug-likeness (QED) is 0.303. The lowest BCUT2D eigenvalue weighted by Gasteiger charge is -2.38. The topological polar surface area (TPSA) is 125 Å². The van der Waals surface area contributed by atoms with Gasteiger partial charge in [0.25, 0.3) is 0 Å². The number of nitriles is 1. The van der Waals surface area contributed by atoms with Crippen molar-refractivity contribution < 1.29 is 9.59 Å². The molecule has 204 valence electrons. The lowest BCUT2D eigenvalue weighted by atomic mass is 9.76. The number of benzene rings is 2. The highest BCUT2D eigenvalue weighted by Gasteiger charge is 2.42. The number of thioether (sulfide) groups is 1. The second-order valence-electron chi connectivity index (χ2n) is 9.47. The summed E-state index contributed by atoms with van der Waals surface area (Å²) in [5.74, 6) is -0.624. The molecule has 3 N–H and O–H groups in total. The van der Waals surface area contributed by atoms with E-state index in [0.29, 0.717) is 55.6 Å². The molecule has 0 saturated heterocycles. The Morgan fingerprint density at radius 1 is 1.20 bits per heavy atom. The fourth-order valence-electron chi connectivity index (χ4n) is 4.85. The lowest BCUT2D eigenvalue weighted by Crippen LogP contribution is -2.38. The van der Waals surface area contributed by atoms with Crippen LogP contribution in [-0.2, 0) is 9.59 Å². The van der Waals surface area contributed by atoms with Crippen molar-refractivity contribution in [2.45, 2.75) is 43.4 Å². The van der Waals surface area contributed by atoms with Crippen LogP contribution in [0.1, 0.15) is 41.9 Å². The molecule has 12 heteroatoms. The van der Waals surface area contributed by atoms with Crippen LogP contribution in [0.2, 0.25) is 10.0 Å². The SMILES string of the molecule is Cc1ccc(NC(=O)CSc2nnc(N3C(N)=C(C#N)C(c4ccc(Cl)cc4Cl)C4=C3CCCC4=O)s2)cc1C. The van der Waals surface area contributed by atoms with Gasteiger partial charge in [0.15, 0.2) is 10.1 Å². The number of carbonyl (C=O) groups excluding carboxylic acids is 2. The molecule has 1 aliphatic heterocycles. The van der Waals surface area contributed by atoms with Crippen LogP contribution < -0.4 is 16.0 Å². The fourth-order valence-corrected chi connectivity index (χ4v) is 7.04. The van der Waals surface area contributed by atoms with Gasteiger partial charge in [0, 0.05) is 33.4 Å². The molecule has 5 rings (SSSR count). The zero-order valence-electron chi connectivity index (χ0n) is 21.6. The maximum atomic E-state index is 13.3. The van der Waals surface area contributed by atoms with E-state index in [1.54, 1.807) is 23.1 Å². The molecule has 1 aliphatic carbocycles. The summed E-state index contributed by atoms with van der Waals surface area (Å²) in [6.45, 7) is 4.01.